The van der Waals surface area contributed by atoms with Crippen LogP contribution in [0.4, 0.5) is 14.5 Å². The van der Waals surface area contributed by atoms with Crippen molar-refractivity contribution < 1.29 is 13.6 Å². The topological polar surface area (TPSA) is 41.1 Å². The third-order valence-electron chi connectivity index (χ3n) is 2.52. The van der Waals surface area contributed by atoms with Crippen LogP contribution < -0.4 is 10.6 Å². The highest BCUT2D eigenvalue weighted by Crippen LogP contribution is 2.17. The fourth-order valence-corrected chi connectivity index (χ4v) is 1.67. The molecule has 0 heterocycles. The van der Waals surface area contributed by atoms with E-state index in [1.165, 1.54) is 6.07 Å². The summed E-state index contributed by atoms with van der Waals surface area (Å²) in [6.07, 6.45) is 1.84. The van der Waals surface area contributed by atoms with Crippen molar-refractivity contribution >= 4 is 11.6 Å². The van der Waals surface area contributed by atoms with Crippen molar-refractivity contribution in [2.24, 2.45) is 0 Å². The Bertz CT molecular complexity index is 390. The molecule has 0 aliphatic heterocycles. The number of para-hydroxylation sites is 1. The fourth-order valence-electron chi connectivity index (χ4n) is 1.67. The van der Waals surface area contributed by atoms with Crippen molar-refractivity contribution in [3.05, 3.63) is 29.8 Å². The zero-order valence-corrected chi connectivity index (χ0v) is 10.6. The maximum atomic E-state index is 13.2. The monoisotopic (exact) mass is 256 g/mol. The molecule has 18 heavy (non-hydrogen) atoms. The highest BCUT2D eigenvalue weighted by molar-refractivity contribution is 5.81. The van der Waals surface area contributed by atoms with Gasteiger partial charge in [0.15, 0.2) is 0 Å². The molecule has 0 saturated heterocycles. The average Bonchev–Trinajstić information content (AvgIpc) is 2.28. The van der Waals surface area contributed by atoms with Gasteiger partial charge >= 0.3 is 0 Å². The zero-order valence-electron chi connectivity index (χ0n) is 10.6. The van der Waals surface area contributed by atoms with Crippen molar-refractivity contribution in [3.8, 4) is 0 Å². The Labute approximate surface area is 106 Å². The van der Waals surface area contributed by atoms with E-state index in [4.69, 9.17) is 0 Å². The van der Waals surface area contributed by atoms with E-state index in [1.54, 1.807) is 0 Å². The molecule has 1 aromatic carbocycles. The van der Waals surface area contributed by atoms with Crippen molar-refractivity contribution in [3.63, 3.8) is 0 Å². The smallest absolute Gasteiger partial charge is 0.239 e. The second kappa shape index (κ2) is 6.93. The minimum absolute atomic E-state index is 0.0646. The summed E-state index contributed by atoms with van der Waals surface area (Å²) in [5.41, 5.74) is -0.268. The van der Waals surface area contributed by atoms with Crippen LogP contribution in [0, 0.1) is 11.6 Å². The zero-order chi connectivity index (χ0) is 13.5. The molecule has 0 radical (unpaired) electrons. The Kier molecular flexibility index (Phi) is 5.55. The maximum absolute atomic E-state index is 13.2. The summed E-state index contributed by atoms with van der Waals surface area (Å²) in [5, 5.41) is 5.21. The van der Waals surface area contributed by atoms with E-state index in [-0.39, 0.29) is 24.2 Å². The van der Waals surface area contributed by atoms with E-state index in [0.717, 1.165) is 25.0 Å². The number of halogens is 2. The van der Waals surface area contributed by atoms with Crippen molar-refractivity contribution in [2.45, 2.75) is 32.7 Å². The molecule has 1 rings (SSSR count). The van der Waals surface area contributed by atoms with Crippen LogP contribution in [-0.4, -0.2) is 18.5 Å². The molecule has 1 unspecified atom stereocenters. The van der Waals surface area contributed by atoms with E-state index in [0.29, 0.717) is 0 Å². The number of hydrogen-bond acceptors (Lipinski definition) is 2. The number of carbonyl (C=O) groups excluding carboxylic acids is 1. The van der Waals surface area contributed by atoms with Crippen molar-refractivity contribution in [1.29, 1.82) is 0 Å². The lowest BCUT2D eigenvalue weighted by Gasteiger charge is -2.14. The molecular formula is C13H18F2N2O. The quantitative estimate of drug-likeness (QED) is 0.821. The highest BCUT2D eigenvalue weighted by Gasteiger charge is 2.10. The lowest BCUT2D eigenvalue weighted by Crippen LogP contribution is -2.36. The molecule has 2 N–H and O–H groups in total. The number of hydrogen-bond donors (Lipinski definition) is 2. The SMILES string of the molecule is CCCC(C)NC(=O)CNc1c(F)cccc1F. The average molecular weight is 256 g/mol. The molecule has 100 valence electrons. The van der Waals surface area contributed by atoms with Gasteiger partial charge in [0.25, 0.3) is 0 Å². The number of benzene rings is 1. The van der Waals surface area contributed by atoms with Crippen LogP contribution in [-0.2, 0) is 4.79 Å². The molecule has 0 bridgehead atoms. The molecule has 0 fully saturated rings. The summed E-state index contributed by atoms with van der Waals surface area (Å²) in [5.74, 6) is -1.69. The first-order valence-electron chi connectivity index (χ1n) is 6.01. The van der Waals surface area contributed by atoms with Gasteiger partial charge in [-0.05, 0) is 25.5 Å². The molecule has 0 aliphatic rings. The van der Waals surface area contributed by atoms with E-state index < -0.39 is 11.6 Å². The molecule has 0 aromatic heterocycles. The summed E-state index contributed by atoms with van der Waals surface area (Å²) in [4.78, 5) is 11.5. The van der Waals surface area contributed by atoms with Gasteiger partial charge in [0.1, 0.15) is 17.3 Å². The highest BCUT2D eigenvalue weighted by atomic mass is 19.1. The van der Waals surface area contributed by atoms with Crippen LogP contribution in [0.15, 0.2) is 18.2 Å². The molecule has 1 amide bonds. The summed E-state index contributed by atoms with van der Waals surface area (Å²) in [6, 6.07) is 3.63. The molecular weight excluding hydrogens is 238 g/mol. The molecule has 3 nitrogen and oxygen atoms in total. The molecule has 0 saturated carbocycles. The fraction of sp³-hybridized carbons (Fsp3) is 0.462. The predicted octanol–water partition coefficient (Wildman–Crippen LogP) is 2.68. The van der Waals surface area contributed by atoms with Gasteiger partial charge in [-0.25, -0.2) is 8.78 Å². The Hall–Kier alpha value is -1.65. The van der Waals surface area contributed by atoms with Crippen LogP contribution in [0.1, 0.15) is 26.7 Å². The van der Waals surface area contributed by atoms with Gasteiger partial charge in [-0.3, -0.25) is 4.79 Å². The summed E-state index contributed by atoms with van der Waals surface area (Å²) in [7, 11) is 0. The van der Waals surface area contributed by atoms with E-state index >= 15 is 0 Å². The van der Waals surface area contributed by atoms with Gasteiger partial charge in [0, 0.05) is 6.04 Å². The van der Waals surface area contributed by atoms with E-state index in [1.807, 2.05) is 13.8 Å². The van der Waals surface area contributed by atoms with Crippen molar-refractivity contribution in [1.82, 2.24) is 5.32 Å². The number of amides is 1. The van der Waals surface area contributed by atoms with Gasteiger partial charge in [0.05, 0.1) is 6.54 Å². The van der Waals surface area contributed by atoms with Crippen LogP contribution >= 0.6 is 0 Å². The molecule has 5 heteroatoms. The Morgan fingerprint density at radius 3 is 2.50 bits per heavy atom. The van der Waals surface area contributed by atoms with Gasteiger partial charge < -0.3 is 10.6 Å². The second-order valence-corrected chi connectivity index (χ2v) is 4.21. The van der Waals surface area contributed by atoms with Crippen molar-refractivity contribution in [2.75, 3.05) is 11.9 Å². The molecule has 1 atom stereocenters. The largest absolute Gasteiger partial charge is 0.371 e. The lowest BCUT2D eigenvalue weighted by molar-refractivity contribution is -0.120. The summed E-state index contributed by atoms with van der Waals surface area (Å²) < 4.78 is 26.5. The first-order valence-corrected chi connectivity index (χ1v) is 6.01. The third kappa shape index (κ3) is 4.31. The number of carbonyl (C=O) groups is 1. The molecule has 0 spiro atoms. The maximum Gasteiger partial charge on any atom is 0.239 e. The summed E-state index contributed by atoms with van der Waals surface area (Å²) >= 11 is 0. The molecule has 1 aromatic rings. The number of rotatable bonds is 6. The van der Waals surface area contributed by atoms with E-state index in [9.17, 15) is 13.6 Å². The Morgan fingerprint density at radius 2 is 1.94 bits per heavy atom. The van der Waals surface area contributed by atoms with Crippen LogP contribution in [0.2, 0.25) is 0 Å². The lowest BCUT2D eigenvalue weighted by atomic mass is 10.2. The minimum atomic E-state index is -0.704. The van der Waals surface area contributed by atoms with Gasteiger partial charge in [-0.1, -0.05) is 19.4 Å². The van der Waals surface area contributed by atoms with E-state index in [2.05, 4.69) is 10.6 Å². The third-order valence-corrected chi connectivity index (χ3v) is 2.52. The summed E-state index contributed by atoms with van der Waals surface area (Å²) in [6.45, 7) is 3.77. The predicted molar refractivity (Wildman–Crippen MR) is 67.4 cm³/mol. The normalized spacial score (nSPS) is 12.0. The Balaban J connectivity index is 2.48. The first kappa shape index (κ1) is 14.4. The van der Waals surface area contributed by atoms with Crippen LogP contribution in [0.5, 0.6) is 0 Å². The van der Waals surface area contributed by atoms with Crippen LogP contribution in [0.25, 0.3) is 0 Å². The molecule has 0 aliphatic carbocycles. The Morgan fingerprint density at radius 1 is 1.33 bits per heavy atom. The van der Waals surface area contributed by atoms with Gasteiger partial charge in [-0.2, -0.15) is 0 Å². The number of anilines is 1. The standard InChI is InChI=1S/C13H18F2N2O/c1-3-5-9(2)17-12(18)8-16-13-10(14)6-4-7-11(13)15/h4,6-7,9,16H,3,5,8H2,1-2H3,(H,17,18). The number of nitrogens with one attached hydrogen (secondary N) is 2. The first-order chi connectivity index (χ1) is 8.54. The second-order valence-electron chi connectivity index (χ2n) is 4.21. The van der Waals surface area contributed by atoms with Crippen LogP contribution in [0.3, 0.4) is 0 Å². The minimum Gasteiger partial charge on any atom is -0.371 e. The van der Waals surface area contributed by atoms with Gasteiger partial charge in [0.2, 0.25) is 5.91 Å². The van der Waals surface area contributed by atoms with Gasteiger partial charge in [-0.15, -0.1) is 0 Å².